The van der Waals surface area contributed by atoms with Crippen LogP contribution in [0, 0.1) is 5.92 Å². The molecule has 1 aromatic rings. The molecule has 19 heavy (non-hydrogen) atoms. The number of nitrogens with zero attached hydrogens (tertiary/aromatic N) is 1. The number of rotatable bonds is 4. The van der Waals surface area contributed by atoms with E-state index < -0.39 is 0 Å². The Labute approximate surface area is 120 Å². The van der Waals surface area contributed by atoms with Crippen molar-refractivity contribution in [1.29, 1.82) is 0 Å². The summed E-state index contributed by atoms with van der Waals surface area (Å²) in [6, 6.07) is 0.545. The molecule has 1 fully saturated rings. The Hall–Kier alpha value is -0.450. The highest BCUT2D eigenvalue weighted by atomic mass is 32.1. The predicted octanol–water partition coefficient (Wildman–Crippen LogP) is 3.35. The molecule has 0 bridgehead atoms. The van der Waals surface area contributed by atoms with E-state index in [1.165, 1.54) is 23.5 Å². The number of hydrogen-bond donors (Lipinski definition) is 1. The Morgan fingerprint density at radius 2 is 2.11 bits per heavy atom. The maximum absolute atomic E-state index is 5.41. The van der Waals surface area contributed by atoms with E-state index in [1.54, 1.807) is 11.3 Å². The Kier molecular flexibility index (Phi) is 4.98. The first-order valence-corrected chi connectivity index (χ1v) is 8.11. The van der Waals surface area contributed by atoms with E-state index >= 15 is 0 Å². The number of aromatic nitrogens is 1. The van der Waals surface area contributed by atoms with Gasteiger partial charge in [0, 0.05) is 36.6 Å². The quantitative estimate of drug-likeness (QED) is 0.919. The van der Waals surface area contributed by atoms with Crippen LogP contribution in [0.15, 0.2) is 5.38 Å². The summed E-state index contributed by atoms with van der Waals surface area (Å²) < 4.78 is 5.41. The van der Waals surface area contributed by atoms with Gasteiger partial charge in [0.2, 0.25) is 0 Å². The van der Waals surface area contributed by atoms with Crippen molar-refractivity contribution in [3.05, 3.63) is 16.1 Å². The van der Waals surface area contributed by atoms with E-state index in [1.807, 2.05) is 0 Å². The molecular formula is C15H26N2OS. The molecule has 108 valence electrons. The predicted molar refractivity (Wildman–Crippen MR) is 80.7 cm³/mol. The van der Waals surface area contributed by atoms with Gasteiger partial charge in [0.1, 0.15) is 0 Å². The summed E-state index contributed by atoms with van der Waals surface area (Å²) in [6.45, 7) is 11.6. The van der Waals surface area contributed by atoms with Crippen LogP contribution in [0.4, 0.5) is 0 Å². The van der Waals surface area contributed by atoms with Crippen LogP contribution in [-0.2, 0) is 16.7 Å². The Morgan fingerprint density at radius 1 is 1.42 bits per heavy atom. The SMILES string of the molecule is CC(NCc1csc(C(C)(C)C)n1)C1CCOCC1. The van der Waals surface area contributed by atoms with Gasteiger partial charge in [0.25, 0.3) is 0 Å². The molecule has 0 amide bonds. The van der Waals surface area contributed by atoms with E-state index in [9.17, 15) is 0 Å². The Morgan fingerprint density at radius 3 is 2.68 bits per heavy atom. The van der Waals surface area contributed by atoms with E-state index in [2.05, 4.69) is 38.4 Å². The van der Waals surface area contributed by atoms with Crippen LogP contribution < -0.4 is 5.32 Å². The van der Waals surface area contributed by atoms with Crippen LogP contribution >= 0.6 is 11.3 Å². The second-order valence-corrected chi connectivity index (χ2v) is 7.37. The molecule has 1 N–H and O–H groups in total. The second-order valence-electron chi connectivity index (χ2n) is 6.51. The van der Waals surface area contributed by atoms with E-state index in [0.29, 0.717) is 6.04 Å². The first kappa shape index (κ1) is 14.9. The molecule has 1 saturated heterocycles. The molecule has 2 heterocycles. The van der Waals surface area contributed by atoms with Gasteiger partial charge in [-0.3, -0.25) is 0 Å². The van der Waals surface area contributed by atoms with Crippen LogP contribution in [0.1, 0.15) is 51.2 Å². The number of ether oxygens (including phenoxy) is 1. The van der Waals surface area contributed by atoms with Gasteiger partial charge < -0.3 is 10.1 Å². The number of thiazole rings is 1. The van der Waals surface area contributed by atoms with Crippen LogP contribution in [0.2, 0.25) is 0 Å². The average Bonchev–Trinajstić information content (AvgIpc) is 2.86. The molecule has 1 unspecified atom stereocenters. The standard InChI is InChI=1S/C15H26N2OS/c1-11(12-5-7-18-8-6-12)16-9-13-10-19-14(17-13)15(2,3)4/h10-12,16H,5-9H2,1-4H3. The van der Waals surface area contributed by atoms with Crippen LogP contribution in [0.25, 0.3) is 0 Å². The topological polar surface area (TPSA) is 34.2 Å². The summed E-state index contributed by atoms with van der Waals surface area (Å²) in [7, 11) is 0. The maximum Gasteiger partial charge on any atom is 0.0982 e. The minimum Gasteiger partial charge on any atom is -0.381 e. The molecule has 0 saturated carbocycles. The molecule has 4 heteroatoms. The maximum atomic E-state index is 5.41. The molecule has 0 aromatic carbocycles. The van der Waals surface area contributed by atoms with Crippen molar-refractivity contribution in [2.75, 3.05) is 13.2 Å². The fourth-order valence-electron chi connectivity index (χ4n) is 2.38. The monoisotopic (exact) mass is 282 g/mol. The largest absolute Gasteiger partial charge is 0.381 e. The minimum absolute atomic E-state index is 0.162. The van der Waals surface area contributed by atoms with Gasteiger partial charge in [-0.25, -0.2) is 4.98 Å². The molecule has 0 aliphatic carbocycles. The van der Waals surface area contributed by atoms with Gasteiger partial charge in [-0.05, 0) is 25.7 Å². The van der Waals surface area contributed by atoms with Crippen LogP contribution in [0.5, 0.6) is 0 Å². The van der Waals surface area contributed by atoms with Gasteiger partial charge in [0.05, 0.1) is 10.7 Å². The van der Waals surface area contributed by atoms with Crippen molar-refractivity contribution in [3.8, 4) is 0 Å². The molecule has 0 radical (unpaired) electrons. The van der Waals surface area contributed by atoms with Gasteiger partial charge in [-0.15, -0.1) is 11.3 Å². The van der Waals surface area contributed by atoms with Crippen LogP contribution in [-0.4, -0.2) is 24.2 Å². The fourth-order valence-corrected chi connectivity index (χ4v) is 3.29. The summed E-state index contributed by atoms with van der Waals surface area (Å²) in [5.41, 5.74) is 1.34. The molecule has 3 nitrogen and oxygen atoms in total. The normalized spacial score (nSPS) is 19.6. The minimum atomic E-state index is 0.162. The van der Waals surface area contributed by atoms with Crippen molar-refractivity contribution in [1.82, 2.24) is 10.3 Å². The van der Waals surface area contributed by atoms with E-state index in [0.717, 1.165) is 25.7 Å². The van der Waals surface area contributed by atoms with Crippen molar-refractivity contribution < 1.29 is 4.74 Å². The summed E-state index contributed by atoms with van der Waals surface area (Å²) >= 11 is 1.77. The Balaban J connectivity index is 1.83. The second kappa shape index (κ2) is 6.33. The first-order valence-electron chi connectivity index (χ1n) is 7.23. The lowest BCUT2D eigenvalue weighted by molar-refractivity contribution is 0.0557. The third-order valence-corrected chi connectivity index (χ3v) is 5.09. The highest BCUT2D eigenvalue weighted by Gasteiger charge is 2.21. The third kappa shape index (κ3) is 4.26. The molecule has 1 atom stereocenters. The third-order valence-electron chi connectivity index (χ3n) is 3.77. The van der Waals surface area contributed by atoms with E-state index in [4.69, 9.17) is 9.72 Å². The van der Waals surface area contributed by atoms with Crippen molar-refractivity contribution >= 4 is 11.3 Å². The fraction of sp³-hybridized carbons (Fsp3) is 0.800. The highest BCUT2D eigenvalue weighted by molar-refractivity contribution is 7.09. The van der Waals surface area contributed by atoms with Crippen molar-refractivity contribution in [2.24, 2.45) is 5.92 Å². The number of hydrogen-bond acceptors (Lipinski definition) is 4. The molecule has 1 aromatic heterocycles. The molecular weight excluding hydrogens is 256 g/mol. The average molecular weight is 282 g/mol. The van der Waals surface area contributed by atoms with Crippen molar-refractivity contribution in [2.45, 2.75) is 58.5 Å². The molecule has 1 aliphatic heterocycles. The van der Waals surface area contributed by atoms with Gasteiger partial charge in [0.15, 0.2) is 0 Å². The summed E-state index contributed by atoms with van der Waals surface area (Å²) in [5, 5.41) is 7.03. The Bertz CT molecular complexity index is 391. The van der Waals surface area contributed by atoms with Gasteiger partial charge in [-0.1, -0.05) is 20.8 Å². The zero-order valence-electron chi connectivity index (χ0n) is 12.5. The van der Waals surface area contributed by atoms with Gasteiger partial charge in [-0.2, -0.15) is 0 Å². The summed E-state index contributed by atoms with van der Waals surface area (Å²) in [6.07, 6.45) is 2.36. The summed E-state index contributed by atoms with van der Waals surface area (Å²) in [4.78, 5) is 4.73. The lowest BCUT2D eigenvalue weighted by Gasteiger charge is -2.28. The lowest BCUT2D eigenvalue weighted by Crippen LogP contribution is -2.36. The van der Waals surface area contributed by atoms with Crippen LogP contribution in [0.3, 0.4) is 0 Å². The first-order chi connectivity index (χ1) is 8.97. The van der Waals surface area contributed by atoms with Crippen molar-refractivity contribution in [3.63, 3.8) is 0 Å². The summed E-state index contributed by atoms with van der Waals surface area (Å²) in [5.74, 6) is 0.745. The van der Waals surface area contributed by atoms with E-state index in [-0.39, 0.29) is 5.41 Å². The zero-order chi connectivity index (χ0) is 13.9. The lowest BCUT2D eigenvalue weighted by atomic mass is 9.93. The molecule has 0 spiro atoms. The number of nitrogens with one attached hydrogen (secondary N) is 1. The highest BCUT2D eigenvalue weighted by Crippen LogP contribution is 2.25. The zero-order valence-corrected chi connectivity index (χ0v) is 13.3. The molecule has 2 rings (SSSR count). The molecule has 1 aliphatic rings. The van der Waals surface area contributed by atoms with Gasteiger partial charge >= 0.3 is 0 Å². The smallest absolute Gasteiger partial charge is 0.0982 e.